The highest BCUT2D eigenvalue weighted by molar-refractivity contribution is 6.43. The normalized spacial score (nSPS) is 10.3. The van der Waals surface area contributed by atoms with E-state index in [4.69, 9.17) is 0 Å². The molecule has 5 nitrogen and oxygen atoms in total. The van der Waals surface area contributed by atoms with E-state index in [1.807, 2.05) is 67.5 Å². The van der Waals surface area contributed by atoms with Crippen molar-refractivity contribution in [3.8, 4) is 0 Å². The average Bonchev–Trinajstić information content (AvgIpc) is 2.61. The average molecular weight is 333 g/mol. The van der Waals surface area contributed by atoms with Gasteiger partial charge < -0.3 is 15.5 Å². The minimum Gasteiger partial charge on any atom is -0.378 e. The Kier molecular flexibility index (Phi) is 4.66. The number of nitrogens with zero attached hydrogens (tertiary/aromatic N) is 1. The molecule has 5 heteroatoms. The molecule has 0 aliphatic carbocycles. The van der Waals surface area contributed by atoms with Crippen LogP contribution in [0.25, 0.3) is 10.8 Å². The van der Waals surface area contributed by atoms with E-state index >= 15 is 0 Å². The number of carbonyl (C=O) groups is 2. The maximum atomic E-state index is 12.1. The molecule has 0 spiro atoms. The minimum atomic E-state index is -0.705. The van der Waals surface area contributed by atoms with Crippen molar-refractivity contribution in [1.29, 1.82) is 0 Å². The van der Waals surface area contributed by atoms with Crippen LogP contribution in [0.15, 0.2) is 66.7 Å². The predicted octanol–water partition coefficient (Wildman–Crippen LogP) is 3.48. The van der Waals surface area contributed by atoms with Crippen LogP contribution in [-0.2, 0) is 9.59 Å². The van der Waals surface area contributed by atoms with Crippen molar-refractivity contribution in [3.63, 3.8) is 0 Å². The molecule has 0 radical (unpaired) electrons. The summed E-state index contributed by atoms with van der Waals surface area (Å²) in [5.41, 5.74) is 2.10. The van der Waals surface area contributed by atoms with Gasteiger partial charge in [0.2, 0.25) is 0 Å². The molecular formula is C20H19N3O2. The van der Waals surface area contributed by atoms with E-state index in [0.717, 1.165) is 16.5 Å². The summed E-state index contributed by atoms with van der Waals surface area (Å²) in [5, 5.41) is 7.32. The number of anilines is 3. The molecule has 0 heterocycles. The zero-order chi connectivity index (χ0) is 17.8. The molecule has 3 aromatic carbocycles. The number of carbonyl (C=O) groups excluding carboxylic acids is 2. The Bertz CT molecular complexity index is 935. The topological polar surface area (TPSA) is 61.4 Å². The fourth-order valence-electron chi connectivity index (χ4n) is 2.50. The molecule has 0 aliphatic rings. The second-order valence-corrected chi connectivity index (χ2v) is 5.91. The van der Waals surface area contributed by atoms with Gasteiger partial charge in [0.05, 0.1) is 0 Å². The lowest BCUT2D eigenvalue weighted by Crippen LogP contribution is -2.29. The number of nitrogens with one attached hydrogen (secondary N) is 2. The maximum absolute atomic E-state index is 12.1. The van der Waals surface area contributed by atoms with E-state index in [0.29, 0.717) is 11.4 Å². The smallest absolute Gasteiger partial charge is 0.314 e. The van der Waals surface area contributed by atoms with Crippen molar-refractivity contribution in [2.75, 3.05) is 29.6 Å². The SMILES string of the molecule is CN(C)c1cccc(NC(=O)C(=O)Nc2ccc3ccccc3c2)c1. The van der Waals surface area contributed by atoms with Crippen LogP contribution in [0.2, 0.25) is 0 Å². The lowest BCUT2D eigenvalue weighted by Gasteiger charge is -2.14. The molecule has 0 fully saturated rings. The molecule has 2 N–H and O–H groups in total. The van der Waals surface area contributed by atoms with Gasteiger partial charge in [-0.2, -0.15) is 0 Å². The van der Waals surface area contributed by atoms with Crippen LogP contribution in [0.1, 0.15) is 0 Å². The Balaban J connectivity index is 1.69. The number of hydrogen-bond donors (Lipinski definition) is 2. The molecule has 3 rings (SSSR count). The van der Waals surface area contributed by atoms with Crippen molar-refractivity contribution in [2.24, 2.45) is 0 Å². The summed E-state index contributed by atoms with van der Waals surface area (Å²) in [4.78, 5) is 26.2. The van der Waals surface area contributed by atoms with E-state index in [2.05, 4.69) is 10.6 Å². The lowest BCUT2D eigenvalue weighted by atomic mass is 10.1. The van der Waals surface area contributed by atoms with Crippen LogP contribution in [0.5, 0.6) is 0 Å². The number of hydrogen-bond acceptors (Lipinski definition) is 3. The molecule has 126 valence electrons. The molecule has 25 heavy (non-hydrogen) atoms. The van der Waals surface area contributed by atoms with Crippen LogP contribution in [-0.4, -0.2) is 25.9 Å². The minimum absolute atomic E-state index is 0.574. The number of fused-ring (bicyclic) bond motifs is 1. The van der Waals surface area contributed by atoms with Crippen LogP contribution >= 0.6 is 0 Å². The van der Waals surface area contributed by atoms with Crippen LogP contribution in [0, 0.1) is 0 Å². The van der Waals surface area contributed by atoms with Gasteiger partial charge >= 0.3 is 11.8 Å². The lowest BCUT2D eigenvalue weighted by molar-refractivity contribution is -0.132. The highest BCUT2D eigenvalue weighted by Crippen LogP contribution is 2.19. The third-order valence-electron chi connectivity index (χ3n) is 3.83. The summed E-state index contributed by atoms with van der Waals surface area (Å²) in [7, 11) is 3.82. The first-order chi connectivity index (χ1) is 12.0. The van der Waals surface area contributed by atoms with E-state index in [-0.39, 0.29) is 0 Å². The summed E-state index contributed by atoms with van der Waals surface area (Å²) < 4.78 is 0. The van der Waals surface area contributed by atoms with Gasteiger partial charge in [0.15, 0.2) is 0 Å². The molecule has 0 saturated heterocycles. The standard InChI is InChI=1S/C20H19N3O2/c1-23(2)18-9-5-8-16(13-18)21-19(24)20(25)22-17-11-10-14-6-3-4-7-15(14)12-17/h3-13H,1-2H3,(H,21,24)(H,22,25). The van der Waals surface area contributed by atoms with Gasteiger partial charge in [-0.3, -0.25) is 9.59 Å². The van der Waals surface area contributed by atoms with E-state index < -0.39 is 11.8 Å². The van der Waals surface area contributed by atoms with Crippen LogP contribution < -0.4 is 15.5 Å². The van der Waals surface area contributed by atoms with E-state index in [1.54, 1.807) is 18.2 Å². The number of benzene rings is 3. The zero-order valence-corrected chi connectivity index (χ0v) is 14.1. The van der Waals surface area contributed by atoms with Gasteiger partial charge in [-0.05, 0) is 41.1 Å². The number of amides is 2. The Hall–Kier alpha value is -3.34. The molecule has 0 bridgehead atoms. The van der Waals surface area contributed by atoms with Crippen molar-refractivity contribution < 1.29 is 9.59 Å². The zero-order valence-electron chi connectivity index (χ0n) is 14.1. The highest BCUT2D eigenvalue weighted by Gasteiger charge is 2.14. The first-order valence-electron chi connectivity index (χ1n) is 7.91. The van der Waals surface area contributed by atoms with Crippen molar-refractivity contribution in [1.82, 2.24) is 0 Å². The van der Waals surface area contributed by atoms with Gasteiger partial charge in [0.25, 0.3) is 0 Å². The van der Waals surface area contributed by atoms with Gasteiger partial charge in [0, 0.05) is 31.2 Å². The second kappa shape index (κ2) is 7.05. The predicted molar refractivity (Wildman–Crippen MR) is 102 cm³/mol. The van der Waals surface area contributed by atoms with Gasteiger partial charge in [-0.25, -0.2) is 0 Å². The summed E-state index contributed by atoms with van der Waals surface area (Å²) in [6.45, 7) is 0. The van der Waals surface area contributed by atoms with Gasteiger partial charge in [-0.1, -0.05) is 36.4 Å². The fraction of sp³-hybridized carbons (Fsp3) is 0.100. The Morgan fingerprint density at radius 2 is 1.36 bits per heavy atom. The third-order valence-corrected chi connectivity index (χ3v) is 3.83. The fourth-order valence-corrected chi connectivity index (χ4v) is 2.50. The molecule has 0 atom stereocenters. The van der Waals surface area contributed by atoms with Crippen molar-refractivity contribution in [3.05, 3.63) is 66.7 Å². The Labute approximate surface area is 146 Å². The molecule has 0 aromatic heterocycles. The van der Waals surface area contributed by atoms with E-state index in [1.165, 1.54) is 0 Å². The summed E-state index contributed by atoms with van der Waals surface area (Å²) >= 11 is 0. The van der Waals surface area contributed by atoms with Crippen molar-refractivity contribution >= 4 is 39.6 Å². The molecule has 0 unspecified atom stereocenters. The monoisotopic (exact) mass is 333 g/mol. The van der Waals surface area contributed by atoms with E-state index in [9.17, 15) is 9.59 Å². The molecule has 0 saturated carbocycles. The molecule has 0 aliphatic heterocycles. The van der Waals surface area contributed by atoms with Gasteiger partial charge in [0.1, 0.15) is 0 Å². The second-order valence-electron chi connectivity index (χ2n) is 5.91. The summed E-state index contributed by atoms with van der Waals surface area (Å²) in [6.07, 6.45) is 0. The Morgan fingerprint density at radius 3 is 2.04 bits per heavy atom. The first kappa shape index (κ1) is 16.5. The van der Waals surface area contributed by atoms with Crippen LogP contribution in [0.3, 0.4) is 0 Å². The van der Waals surface area contributed by atoms with Crippen LogP contribution in [0.4, 0.5) is 17.1 Å². The number of rotatable bonds is 3. The Morgan fingerprint density at radius 1 is 0.720 bits per heavy atom. The molecular weight excluding hydrogens is 314 g/mol. The summed E-state index contributed by atoms with van der Waals surface area (Å²) in [5.74, 6) is -1.41. The van der Waals surface area contributed by atoms with Gasteiger partial charge in [-0.15, -0.1) is 0 Å². The highest BCUT2D eigenvalue weighted by atomic mass is 16.2. The largest absolute Gasteiger partial charge is 0.378 e. The third kappa shape index (κ3) is 3.95. The molecule has 3 aromatic rings. The maximum Gasteiger partial charge on any atom is 0.314 e. The van der Waals surface area contributed by atoms with Crippen molar-refractivity contribution in [2.45, 2.75) is 0 Å². The quantitative estimate of drug-likeness (QED) is 0.721. The summed E-state index contributed by atoms with van der Waals surface area (Å²) in [6, 6.07) is 20.7. The molecule has 2 amide bonds. The first-order valence-corrected chi connectivity index (χ1v) is 7.91.